The van der Waals surface area contributed by atoms with Gasteiger partial charge in [-0.15, -0.1) is 0 Å². The van der Waals surface area contributed by atoms with Gasteiger partial charge >= 0.3 is 15.3 Å². The second kappa shape index (κ2) is 3.29. The minimum Gasteiger partial charge on any atom is -0.438 e. The van der Waals surface area contributed by atoms with Crippen LogP contribution < -0.4 is 15.8 Å². The number of nitrogens with two attached hydrogens (primary N) is 1. The van der Waals surface area contributed by atoms with Gasteiger partial charge in [-0.3, -0.25) is 20.4 Å². The van der Waals surface area contributed by atoms with Crippen molar-refractivity contribution in [2.45, 2.75) is 5.18 Å². The number of hydrogen-bond acceptors (Lipinski definition) is 7. The summed E-state index contributed by atoms with van der Waals surface area (Å²) >= 11 is 0. The summed E-state index contributed by atoms with van der Waals surface area (Å²) in [6, 6.07) is 3.38. The summed E-state index contributed by atoms with van der Waals surface area (Å²) in [6.45, 7) is 0. The maximum atomic E-state index is 11.0. The molecule has 0 aromatic heterocycles. The molecule has 92 valence electrons. The van der Waals surface area contributed by atoms with Gasteiger partial charge in [-0.1, -0.05) is 0 Å². The lowest BCUT2D eigenvalue weighted by Crippen LogP contribution is -2.56. The Balaban J connectivity index is 2.44. The van der Waals surface area contributed by atoms with E-state index in [1.807, 2.05) is 0 Å². The summed E-state index contributed by atoms with van der Waals surface area (Å²) in [7, 11) is -4.73. The van der Waals surface area contributed by atoms with E-state index in [9.17, 15) is 18.5 Å². The van der Waals surface area contributed by atoms with E-state index in [4.69, 9.17) is 15.0 Å². The van der Waals surface area contributed by atoms with Crippen LogP contribution >= 0.6 is 0 Å². The van der Waals surface area contributed by atoms with E-state index in [-0.39, 0.29) is 17.1 Å². The van der Waals surface area contributed by atoms with Gasteiger partial charge in [0, 0.05) is 6.07 Å². The van der Waals surface area contributed by atoms with Crippen molar-refractivity contribution in [1.29, 1.82) is 0 Å². The number of non-ortho nitro benzene ring substituents is 1. The number of nitro groups is 1. The lowest BCUT2D eigenvalue weighted by molar-refractivity contribution is -0.384. The summed E-state index contributed by atoms with van der Waals surface area (Å²) in [4.78, 5) is 9.82. The van der Waals surface area contributed by atoms with Crippen molar-refractivity contribution in [3.8, 4) is 5.75 Å². The Morgan fingerprint density at radius 3 is 2.71 bits per heavy atom. The highest BCUT2D eigenvalue weighted by atomic mass is 32.2. The predicted octanol–water partition coefficient (Wildman–Crippen LogP) is -0.143. The zero-order chi connectivity index (χ0) is 12.8. The fourth-order valence-electron chi connectivity index (χ4n) is 1.31. The maximum absolute atomic E-state index is 11.0. The Morgan fingerprint density at radius 1 is 1.53 bits per heavy atom. The van der Waals surface area contributed by atoms with Gasteiger partial charge in [0.2, 0.25) is 0 Å². The first-order valence-corrected chi connectivity index (χ1v) is 5.68. The van der Waals surface area contributed by atoms with Crippen molar-refractivity contribution in [2.75, 3.05) is 5.32 Å². The van der Waals surface area contributed by atoms with Crippen LogP contribution in [0, 0.1) is 10.1 Å². The molecule has 2 rings (SSSR count). The lowest BCUT2D eigenvalue weighted by atomic mass is 10.2. The molecule has 0 radical (unpaired) electrons. The lowest BCUT2D eigenvalue weighted by Gasteiger charge is -2.19. The summed E-state index contributed by atoms with van der Waals surface area (Å²) < 4.78 is 35.5. The van der Waals surface area contributed by atoms with Crippen molar-refractivity contribution in [3.05, 3.63) is 28.3 Å². The monoisotopic (exact) mass is 261 g/mol. The SMILES string of the molecule is NC1(S(=O)(=O)O)Nc2ccc([N+](=O)[O-])cc2O1. The number of benzene rings is 1. The Morgan fingerprint density at radius 2 is 2.18 bits per heavy atom. The molecule has 1 aliphatic rings. The average molecular weight is 261 g/mol. The molecule has 1 atom stereocenters. The average Bonchev–Trinajstić information content (AvgIpc) is 2.52. The van der Waals surface area contributed by atoms with Crippen molar-refractivity contribution < 1.29 is 22.6 Å². The van der Waals surface area contributed by atoms with Crippen LogP contribution in [0.1, 0.15) is 0 Å². The normalized spacial score (nSPS) is 22.5. The first kappa shape index (κ1) is 11.6. The van der Waals surface area contributed by atoms with Gasteiger partial charge in [-0.25, -0.2) is 0 Å². The molecule has 0 fully saturated rings. The topological polar surface area (TPSA) is 145 Å². The molecule has 10 heteroatoms. The Bertz CT molecular complexity index is 600. The number of nitrogens with zero attached hydrogens (tertiary/aromatic N) is 1. The molecule has 1 aromatic carbocycles. The fourth-order valence-corrected chi connectivity index (χ4v) is 1.74. The second-order valence-corrected chi connectivity index (χ2v) is 4.86. The zero-order valence-electron chi connectivity index (χ0n) is 8.15. The Labute approximate surface area is 95.1 Å². The number of fused-ring (bicyclic) bond motifs is 1. The number of anilines is 1. The first-order valence-electron chi connectivity index (χ1n) is 4.24. The van der Waals surface area contributed by atoms with Gasteiger partial charge in [0.15, 0.2) is 5.75 Å². The largest absolute Gasteiger partial charge is 0.438 e. The van der Waals surface area contributed by atoms with E-state index >= 15 is 0 Å². The van der Waals surface area contributed by atoms with Crippen LogP contribution in [-0.4, -0.2) is 23.1 Å². The molecule has 9 nitrogen and oxygen atoms in total. The van der Waals surface area contributed by atoms with Gasteiger partial charge in [-0.2, -0.15) is 8.42 Å². The molecule has 0 amide bonds. The molecular formula is C7H7N3O6S. The molecular weight excluding hydrogens is 254 g/mol. The van der Waals surface area contributed by atoms with Crippen molar-refractivity contribution in [1.82, 2.24) is 0 Å². The highest BCUT2D eigenvalue weighted by Gasteiger charge is 2.47. The highest BCUT2D eigenvalue weighted by Crippen LogP contribution is 2.38. The van der Waals surface area contributed by atoms with Crippen LogP contribution in [0.25, 0.3) is 0 Å². The van der Waals surface area contributed by atoms with E-state index in [1.165, 1.54) is 6.07 Å². The van der Waals surface area contributed by atoms with Crippen molar-refractivity contribution >= 4 is 21.5 Å². The van der Waals surface area contributed by atoms with Gasteiger partial charge in [0.25, 0.3) is 5.69 Å². The van der Waals surface area contributed by atoms with Crippen LogP contribution in [0.5, 0.6) is 5.75 Å². The van der Waals surface area contributed by atoms with E-state index in [2.05, 4.69) is 5.32 Å². The van der Waals surface area contributed by atoms with Crippen LogP contribution in [0.4, 0.5) is 11.4 Å². The second-order valence-electron chi connectivity index (χ2n) is 3.31. The van der Waals surface area contributed by atoms with Crippen molar-refractivity contribution in [2.24, 2.45) is 5.73 Å². The molecule has 0 bridgehead atoms. The minimum absolute atomic E-state index is 0.126. The van der Waals surface area contributed by atoms with Crippen LogP contribution in [0.3, 0.4) is 0 Å². The third-order valence-corrected chi connectivity index (χ3v) is 3.08. The summed E-state index contributed by atoms with van der Waals surface area (Å²) in [5, 5.41) is 10.2. The maximum Gasteiger partial charge on any atom is 0.368 e. The summed E-state index contributed by atoms with van der Waals surface area (Å²) in [5.41, 5.74) is 5.12. The molecule has 0 saturated carbocycles. The minimum atomic E-state index is -4.73. The predicted molar refractivity (Wildman–Crippen MR) is 55.8 cm³/mol. The summed E-state index contributed by atoms with van der Waals surface area (Å²) in [6.07, 6.45) is 0. The number of nitro benzene ring substituents is 1. The number of ether oxygens (including phenoxy) is 1. The van der Waals surface area contributed by atoms with Crippen LogP contribution in [0.2, 0.25) is 0 Å². The molecule has 0 aliphatic carbocycles. The van der Waals surface area contributed by atoms with E-state index < -0.39 is 20.2 Å². The quantitative estimate of drug-likeness (QED) is 0.378. The molecule has 0 saturated heterocycles. The van der Waals surface area contributed by atoms with Crippen LogP contribution in [-0.2, 0) is 10.1 Å². The standard InChI is InChI=1S/C7H7N3O6S/c8-7(17(13,14)15)9-5-2-1-4(10(11)12)3-6(5)16-7/h1-3,9H,8H2,(H,13,14,15). The van der Waals surface area contributed by atoms with E-state index in [1.54, 1.807) is 0 Å². The van der Waals surface area contributed by atoms with E-state index in [0.29, 0.717) is 0 Å². The first-order chi connectivity index (χ1) is 7.73. The Kier molecular flexibility index (Phi) is 2.24. The van der Waals surface area contributed by atoms with Gasteiger partial charge < -0.3 is 10.1 Å². The molecule has 1 aliphatic heterocycles. The number of hydrogen-bond donors (Lipinski definition) is 3. The van der Waals surface area contributed by atoms with Crippen molar-refractivity contribution in [3.63, 3.8) is 0 Å². The Hall–Kier alpha value is -1.91. The van der Waals surface area contributed by atoms with E-state index in [0.717, 1.165) is 12.1 Å². The summed E-state index contributed by atoms with van der Waals surface area (Å²) in [5.74, 6) is -0.126. The van der Waals surface area contributed by atoms with Crippen LogP contribution in [0.15, 0.2) is 18.2 Å². The third-order valence-electron chi connectivity index (χ3n) is 2.13. The molecule has 4 N–H and O–H groups in total. The van der Waals surface area contributed by atoms with Gasteiger partial charge in [0.05, 0.1) is 16.7 Å². The molecule has 0 spiro atoms. The molecule has 1 aromatic rings. The smallest absolute Gasteiger partial charge is 0.368 e. The fraction of sp³-hybridized carbons (Fsp3) is 0.143. The molecule has 17 heavy (non-hydrogen) atoms. The third kappa shape index (κ3) is 1.77. The van der Waals surface area contributed by atoms with Gasteiger partial charge in [0.1, 0.15) is 0 Å². The highest BCUT2D eigenvalue weighted by molar-refractivity contribution is 7.87. The molecule has 1 unspecified atom stereocenters. The zero-order valence-corrected chi connectivity index (χ0v) is 8.97. The number of nitrogens with one attached hydrogen (secondary N) is 1. The molecule has 1 heterocycles. The number of rotatable bonds is 2. The van der Waals surface area contributed by atoms with Gasteiger partial charge in [-0.05, 0) is 6.07 Å².